The number of esters is 2. The van der Waals surface area contributed by atoms with Crippen molar-refractivity contribution in [2.75, 3.05) is 19.5 Å². The zero-order chi connectivity index (χ0) is 13.5. The first-order valence-corrected chi connectivity index (χ1v) is 5.71. The maximum absolute atomic E-state index is 11.6. The van der Waals surface area contributed by atoms with Gasteiger partial charge in [-0.2, -0.15) is 0 Å². The second kappa shape index (κ2) is 6.86. The summed E-state index contributed by atoms with van der Waals surface area (Å²) < 4.78 is 9.43. The Labute approximate surface area is 110 Å². The Kier molecular flexibility index (Phi) is 5.45. The predicted molar refractivity (Wildman–Crippen MR) is 67.4 cm³/mol. The van der Waals surface area contributed by atoms with Crippen molar-refractivity contribution < 1.29 is 19.1 Å². The summed E-state index contributed by atoms with van der Waals surface area (Å²) >= 11 is 5.72. The van der Waals surface area contributed by atoms with Crippen LogP contribution in [0.4, 0.5) is 5.69 Å². The van der Waals surface area contributed by atoms with E-state index in [1.807, 2.05) is 0 Å². The number of halogens is 1. The topological polar surface area (TPSA) is 78.6 Å². The van der Waals surface area contributed by atoms with Crippen LogP contribution in [0.5, 0.6) is 0 Å². The minimum atomic E-state index is -0.533. The van der Waals surface area contributed by atoms with Gasteiger partial charge >= 0.3 is 11.9 Å². The van der Waals surface area contributed by atoms with E-state index in [0.29, 0.717) is 11.4 Å². The van der Waals surface area contributed by atoms with Gasteiger partial charge in [-0.1, -0.05) is 11.6 Å². The summed E-state index contributed by atoms with van der Waals surface area (Å²) in [6.07, 6.45) is 0.617. The standard InChI is InChI=1S/C12H14ClNO4/c1-17-11(15)3-2-6-18-12(16)9-5-4-8(13)7-10(9)14/h4-5,7H,2-3,6,14H2,1H3. The lowest BCUT2D eigenvalue weighted by Gasteiger charge is -2.06. The van der Waals surface area contributed by atoms with Crippen LogP contribution in [0.3, 0.4) is 0 Å². The summed E-state index contributed by atoms with van der Waals surface area (Å²) in [6, 6.07) is 4.54. The minimum Gasteiger partial charge on any atom is -0.469 e. The number of hydrogen-bond donors (Lipinski definition) is 1. The molecule has 0 bridgehead atoms. The SMILES string of the molecule is COC(=O)CCCOC(=O)c1ccc(Cl)cc1N. The van der Waals surface area contributed by atoms with Crippen LogP contribution in [-0.4, -0.2) is 25.7 Å². The highest BCUT2D eigenvalue weighted by Crippen LogP contribution is 2.18. The summed E-state index contributed by atoms with van der Waals surface area (Å²) in [6.45, 7) is 0.135. The van der Waals surface area contributed by atoms with Gasteiger partial charge in [0.15, 0.2) is 0 Å². The van der Waals surface area contributed by atoms with Crippen molar-refractivity contribution >= 4 is 29.2 Å². The Balaban J connectivity index is 2.43. The first kappa shape index (κ1) is 14.3. The van der Waals surface area contributed by atoms with E-state index in [1.165, 1.54) is 19.2 Å². The molecule has 0 spiro atoms. The van der Waals surface area contributed by atoms with Crippen LogP contribution < -0.4 is 5.73 Å². The third-order valence-electron chi connectivity index (χ3n) is 2.22. The quantitative estimate of drug-likeness (QED) is 0.504. The van der Waals surface area contributed by atoms with E-state index in [2.05, 4.69) is 4.74 Å². The van der Waals surface area contributed by atoms with Crippen molar-refractivity contribution in [3.8, 4) is 0 Å². The highest BCUT2D eigenvalue weighted by Gasteiger charge is 2.11. The normalized spacial score (nSPS) is 9.89. The molecule has 2 N–H and O–H groups in total. The Hall–Kier alpha value is -1.75. The number of carbonyl (C=O) groups excluding carboxylic acids is 2. The number of rotatable bonds is 5. The monoisotopic (exact) mass is 271 g/mol. The maximum atomic E-state index is 11.6. The molecule has 0 aromatic heterocycles. The van der Waals surface area contributed by atoms with E-state index < -0.39 is 5.97 Å². The fourth-order valence-electron chi connectivity index (χ4n) is 1.28. The molecule has 0 saturated carbocycles. The van der Waals surface area contributed by atoms with Crippen LogP contribution in [-0.2, 0) is 14.3 Å². The fraction of sp³-hybridized carbons (Fsp3) is 0.333. The van der Waals surface area contributed by atoms with Gasteiger partial charge in [0.05, 0.1) is 19.3 Å². The van der Waals surface area contributed by atoms with Crippen LogP contribution in [0.25, 0.3) is 0 Å². The third kappa shape index (κ3) is 4.25. The molecule has 1 aromatic rings. The van der Waals surface area contributed by atoms with E-state index in [0.717, 1.165) is 0 Å². The molecule has 0 aliphatic carbocycles. The Morgan fingerprint density at radius 3 is 2.72 bits per heavy atom. The smallest absolute Gasteiger partial charge is 0.340 e. The average Bonchev–Trinajstić information content (AvgIpc) is 2.34. The van der Waals surface area contributed by atoms with Gasteiger partial charge in [0.2, 0.25) is 0 Å². The summed E-state index contributed by atoms with van der Waals surface area (Å²) in [5, 5.41) is 0.453. The molecule has 0 fully saturated rings. The number of ether oxygens (including phenoxy) is 2. The van der Waals surface area contributed by atoms with E-state index in [4.69, 9.17) is 22.1 Å². The number of benzene rings is 1. The largest absolute Gasteiger partial charge is 0.469 e. The second-order valence-corrected chi connectivity index (χ2v) is 3.98. The van der Waals surface area contributed by atoms with Crippen molar-refractivity contribution in [2.24, 2.45) is 0 Å². The second-order valence-electron chi connectivity index (χ2n) is 3.55. The van der Waals surface area contributed by atoms with Crippen molar-refractivity contribution in [1.82, 2.24) is 0 Å². The van der Waals surface area contributed by atoms with Gasteiger partial charge in [0, 0.05) is 17.1 Å². The van der Waals surface area contributed by atoms with Crippen molar-refractivity contribution in [3.05, 3.63) is 28.8 Å². The van der Waals surface area contributed by atoms with Gasteiger partial charge < -0.3 is 15.2 Å². The van der Waals surface area contributed by atoms with Crippen molar-refractivity contribution in [2.45, 2.75) is 12.8 Å². The zero-order valence-corrected chi connectivity index (χ0v) is 10.7. The van der Waals surface area contributed by atoms with Crippen molar-refractivity contribution in [3.63, 3.8) is 0 Å². The number of carbonyl (C=O) groups is 2. The van der Waals surface area contributed by atoms with Gasteiger partial charge in [0.25, 0.3) is 0 Å². The highest BCUT2D eigenvalue weighted by molar-refractivity contribution is 6.31. The van der Waals surface area contributed by atoms with Gasteiger partial charge in [0.1, 0.15) is 0 Å². The summed E-state index contributed by atoms with van der Waals surface area (Å²) in [7, 11) is 1.31. The van der Waals surface area contributed by atoms with E-state index in [1.54, 1.807) is 6.07 Å². The van der Waals surface area contributed by atoms with Crippen LogP contribution >= 0.6 is 11.6 Å². The summed E-state index contributed by atoms with van der Waals surface area (Å²) in [5.41, 5.74) is 6.16. The minimum absolute atomic E-state index is 0.135. The van der Waals surface area contributed by atoms with E-state index in [-0.39, 0.29) is 30.2 Å². The maximum Gasteiger partial charge on any atom is 0.340 e. The average molecular weight is 272 g/mol. The number of nitrogen functional groups attached to an aromatic ring is 1. The molecule has 5 nitrogen and oxygen atoms in total. The first-order chi connectivity index (χ1) is 8.54. The number of methoxy groups -OCH3 is 1. The van der Waals surface area contributed by atoms with Crippen LogP contribution in [0.1, 0.15) is 23.2 Å². The lowest BCUT2D eigenvalue weighted by Crippen LogP contribution is -2.10. The molecule has 6 heteroatoms. The zero-order valence-electron chi connectivity index (χ0n) is 9.94. The van der Waals surface area contributed by atoms with Crippen LogP contribution in [0.2, 0.25) is 5.02 Å². The lowest BCUT2D eigenvalue weighted by atomic mass is 10.2. The molecule has 0 aliphatic rings. The van der Waals surface area contributed by atoms with Crippen molar-refractivity contribution in [1.29, 1.82) is 0 Å². The molecule has 1 aromatic carbocycles. The van der Waals surface area contributed by atoms with Crippen LogP contribution in [0.15, 0.2) is 18.2 Å². The van der Waals surface area contributed by atoms with E-state index in [9.17, 15) is 9.59 Å². The fourth-order valence-corrected chi connectivity index (χ4v) is 1.46. The molecule has 0 aliphatic heterocycles. The van der Waals surface area contributed by atoms with Gasteiger partial charge in [-0.25, -0.2) is 4.79 Å². The lowest BCUT2D eigenvalue weighted by molar-refractivity contribution is -0.140. The number of nitrogens with two attached hydrogens (primary N) is 1. The Bertz CT molecular complexity index is 448. The van der Waals surface area contributed by atoms with Gasteiger partial charge in [-0.3, -0.25) is 4.79 Å². The number of hydrogen-bond acceptors (Lipinski definition) is 5. The summed E-state index contributed by atoms with van der Waals surface area (Å²) in [4.78, 5) is 22.5. The van der Waals surface area contributed by atoms with Gasteiger partial charge in [-0.15, -0.1) is 0 Å². The molecule has 0 saturated heterocycles. The molecule has 18 heavy (non-hydrogen) atoms. The Morgan fingerprint density at radius 1 is 1.39 bits per heavy atom. The van der Waals surface area contributed by atoms with E-state index >= 15 is 0 Å². The number of anilines is 1. The molecule has 98 valence electrons. The molecule has 1 rings (SSSR count). The highest BCUT2D eigenvalue weighted by atomic mass is 35.5. The molecular formula is C12H14ClNO4. The first-order valence-electron chi connectivity index (χ1n) is 5.33. The molecular weight excluding hydrogens is 258 g/mol. The summed E-state index contributed by atoms with van der Waals surface area (Å²) in [5.74, 6) is -0.869. The third-order valence-corrected chi connectivity index (χ3v) is 2.45. The predicted octanol–water partition coefficient (Wildman–Crippen LogP) is 2.03. The molecule has 0 atom stereocenters. The Morgan fingerprint density at radius 2 is 2.11 bits per heavy atom. The molecule has 0 amide bonds. The van der Waals surface area contributed by atoms with Gasteiger partial charge in [-0.05, 0) is 24.6 Å². The molecule has 0 unspecified atom stereocenters. The molecule has 0 radical (unpaired) electrons. The van der Waals surface area contributed by atoms with Crippen LogP contribution in [0, 0.1) is 0 Å². The molecule has 0 heterocycles.